The Bertz CT molecular complexity index is 1470. The van der Waals surface area contributed by atoms with E-state index in [1.807, 2.05) is 0 Å². The fourth-order valence-corrected chi connectivity index (χ4v) is 4.68. The van der Waals surface area contributed by atoms with E-state index in [0.717, 1.165) is 16.2 Å². The molecule has 5 rings (SSSR count). The SMILES string of the molecule is Cc1nc2ccccn2c1/C(O)=C1\C(=O)C(=O)N(c2nccs2)C1c1cccc([N+](=O)[O-])c1. The van der Waals surface area contributed by atoms with Crippen LogP contribution < -0.4 is 4.90 Å². The summed E-state index contributed by atoms with van der Waals surface area (Å²) in [6.45, 7) is 1.68. The molecule has 11 heteroatoms. The summed E-state index contributed by atoms with van der Waals surface area (Å²) in [5.41, 5.74) is 1.17. The number of carbonyl (C=O) groups is 2. The van der Waals surface area contributed by atoms with Gasteiger partial charge in [0.05, 0.1) is 22.2 Å². The Kier molecular flexibility index (Phi) is 4.75. The molecule has 0 bridgehead atoms. The monoisotopic (exact) mass is 461 g/mol. The zero-order valence-electron chi connectivity index (χ0n) is 17.1. The minimum Gasteiger partial charge on any atom is -0.505 e. The first-order chi connectivity index (χ1) is 15.9. The lowest BCUT2D eigenvalue weighted by molar-refractivity contribution is -0.384. The van der Waals surface area contributed by atoms with Crippen LogP contribution >= 0.6 is 11.3 Å². The summed E-state index contributed by atoms with van der Waals surface area (Å²) in [5.74, 6) is -2.21. The van der Waals surface area contributed by atoms with E-state index in [2.05, 4.69) is 9.97 Å². The second kappa shape index (κ2) is 7.64. The van der Waals surface area contributed by atoms with Gasteiger partial charge in [0.1, 0.15) is 11.3 Å². The lowest BCUT2D eigenvalue weighted by Crippen LogP contribution is -2.29. The summed E-state index contributed by atoms with van der Waals surface area (Å²) in [7, 11) is 0. The number of thiazole rings is 1. The van der Waals surface area contributed by atoms with Crippen molar-refractivity contribution < 1.29 is 19.6 Å². The number of anilines is 1. The third-order valence-electron chi connectivity index (χ3n) is 5.40. The highest BCUT2D eigenvalue weighted by molar-refractivity contribution is 7.14. The van der Waals surface area contributed by atoms with E-state index in [-0.39, 0.29) is 22.1 Å². The van der Waals surface area contributed by atoms with Crippen molar-refractivity contribution in [2.75, 3.05) is 4.90 Å². The number of non-ortho nitro benzene ring substituents is 1. The Morgan fingerprint density at radius 1 is 1.21 bits per heavy atom. The fourth-order valence-electron chi connectivity index (χ4n) is 4.01. The molecule has 1 aliphatic rings. The number of nitrogens with zero attached hydrogens (tertiary/aromatic N) is 5. The third-order valence-corrected chi connectivity index (χ3v) is 6.17. The summed E-state index contributed by atoms with van der Waals surface area (Å²) >= 11 is 1.14. The molecule has 1 saturated heterocycles. The Hall–Kier alpha value is -4.38. The number of hydrogen-bond acceptors (Lipinski definition) is 8. The van der Waals surface area contributed by atoms with Crippen molar-refractivity contribution in [3.8, 4) is 0 Å². The van der Waals surface area contributed by atoms with Gasteiger partial charge in [-0.1, -0.05) is 18.2 Å². The first kappa shape index (κ1) is 20.5. The number of nitro groups is 1. The minimum absolute atomic E-state index is 0.190. The molecule has 33 heavy (non-hydrogen) atoms. The molecule has 1 amide bonds. The van der Waals surface area contributed by atoms with Crippen LogP contribution in [0.15, 0.2) is 65.8 Å². The summed E-state index contributed by atoms with van der Waals surface area (Å²) in [6.07, 6.45) is 3.17. The molecule has 4 heterocycles. The molecule has 1 unspecified atom stereocenters. The van der Waals surface area contributed by atoms with Crippen molar-refractivity contribution in [3.05, 3.63) is 92.9 Å². The number of aliphatic hydroxyl groups is 1. The minimum atomic E-state index is -1.11. The van der Waals surface area contributed by atoms with E-state index in [9.17, 15) is 24.8 Å². The molecule has 1 aliphatic heterocycles. The highest BCUT2D eigenvalue weighted by Gasteiger charge is 2.48. The number of amides is 1. The van der Waals surface area contributed by atoms with E-state index in [1.54, 1.807) is 47.2 Å². The summed E-state index contributed by atoms with van der Waals surface area (Å²) < 4.78 is 1.62. The Morgan fingerprint density at radius 2 is 2.03 bits per heavy atom. The van der Waals surface area contributed by atoms with Gasteiger partial charge in [-0.05, 0) is 24.6 Å². The quantitative estimate of drug-likeness (QED) is 0.161. The average molecular weight is 461 g/mol. The predicted octanol–water partition coefficient (Wildman–Crippen LogP) is 3.63. The molecule has 0 spiro atoms. The molecule has 1 atom stereocenters. The van der Waals surface area contributed by atoms with Gasteiger partial charge in [-0.25, -0.2) is 9.97 Å². The maximum absolute atomic E-state index is 13.2. The number of aryl methyl sites for hydroxylation is 1. The van der Waals surface area contributed by atoms with Gasteiger partial charge < -0.3 is 5.11 Å². The topological polar surface area (TPSA) is 131 Å². The maximum atomic E-state index is 13.2. The number of rotatable bonds is 4. The summed E-state index contributed by atoms with van der Waals surface area (Å²) in [5, 5.41) is 24.6. The maximum Gasteiger partial charge on any atom is 0.301 e. The van der Waals surface area contributed by atoms with Crippen LogP contribution in [0.4, 0.5) is 10.8 Å². The first-order valence-corrected chi connectivity index (χ1v) is 10.7. The van der Waals surface area contributed by atoms with Crippen LogP contribution in [-0.2, 0) is 9.59 Å². The van der Waals surface area contributed by atoms with Gasteiger partial charge in [-0.2, -0.15) is 0 Å². The number of aliphatic hydroxyl groups excluding tert-OH is 1. The van der Waals surface area contributed by atoms with E-state index >= 15 is 0 Å². The van der Waals surface area contributed by atoms with E-state index in [0.29, 0.717) is 16.9 Å². The highest BCUT2D eigenvalue weighted by atomic mass is 32.1. The predicted molar refractivity (Wildman–Crippen MR) is 120 cm³/mol. The van der Waals surface area contributed by atoms with E-state index < -0.39 is 28.4 Å². The first-order valence-electron chi connectivity index (χ1n) is 9.77. The largest absolute Gasteiger partial charge is 0.505 e. The van der Waals surface area contributed by atoms with Crippen LogP contribution in [0.25, 0.3) is 11.4 Å². The van der Waals surface area contributed by atoms with Crippen molar-refractivity contribution in [2.24, 2.45) is 0 Å². The van der Waals surface area contributed by atoms with Crippen LogP contribution in [0, 0.1) is 17.0 Å². The molecule has 3 aromatic heterocycles. The summed E-state index contributed by atoms with van der Waals surface area (Å²) in [4.78, 5) is 46.8. The van der Waals surface area contributed by atoms with Crippen LogP contribution in [0.1, 0.15) is 23.0 Å². The number of imidazole rings is 1. The molecule has 0 aliphatic carbocycles. The van der Waals surface area contributed by atoms with Crippen molar-refractivity contribution in [1.29, 1.82) is 0 Å². The molecule has 1 fully saturated rings. The van der Waals surface area contributed by atoms with Crippen molar-refractivity contribution in [2.45, 2.75) is 13.0 Å². The number of carbonyl (C=O) groups excluding carboxylic acids is 2. The van der Waals surface area contributed by atoms with Gasteiger partial charge in [-0.15, -0.1) is 11.3 Å². The number of pyridine rings is 1. The van der Waals surface area contributed by atoms with Gasteiger partial charge in [0.25, 0.3) is 11.5 Å². The van der Waals surface area contributed by atoms with Crippen LogP contribution in [-0.4, -0.2) is 36.1 Å². The van der Waals surface area contributed by atoms with Gasteiger partial charge in [0.2, 0.25) is 0 Å². The fraction of sp³-hybridized carbons (Fsp3) is 0.0909. The number of fused-ring (bicyclic) bond motifs is 1. The summed E-state index contributed by atoms with van der Waals surface area (Å²) in [6, 6.07) is 9.81. The lowest BCUT2D eigenvalue weighted by Gasteiger charge is -2.22. The molecular weight excluding hydrogens is 446 g/mol. The zero-order chi connectivity index (χ0) is 23.3. The average Bonchev–Trinajstić information content (AvgIpc) is 3.50. The zero-order valence-corrected chi connectivity index (χ0v) is 17.9. The number of ketones is 1. The van der Waals surface area contributed by atoms with Crippen molar-refractivity contribution >= 4 is 45.3 Å². The van der Waals surface area contributed by atoms with Crippen molar-refractivity contribution in [3.63, 3.8) is 0 Å². The smallest absolute Gasteiger partial charge is 0.301 e. The lowest BCUT2D eigenvalue weighted by atomic mass is 9.96. The van der Waals surface area contributed by atoms with Crippen LogP contribution in [0.3, 0.4) is 0 Å². The molecule has 10 nitrogen and oxygen atoms in total. The number of hydrogen-bond donors (Lipinski definition) is 1. The van der Waals surface area contributed by atoms with Gasteiger partial charge in [-0.3, -0.25) is 29.0 Å². The molecule has 0 radical (unpaired) electrons. The highest BCUT2D eigenvalue weighted by Crippen LogP contribution is 2.43. The molecule has 0 saturated carbocycles. The molecule has 1 N–H and O–H groups in total. The number of Topliss-reactive ketones (excluding diaryl/α,β-unsaturated/α-hetero) is 1. The third kappa shape index (κ3) is 3.17. The number of benzene rings is 1. The van der Waals surface area contributed by atoms with Crippen molar-refractivity contribution in [1.82, 2.24) is 14.4 Å². The van der Waals surface area contributed by atoms with Gasteiger partial charge >= 0.3 is 5.91 Å². The molecule has 4 aromatic rings. The second-order valence-corrected chi connectivity index (χ2v) is 8.18. The van der Waals surface area contributed by atoms with Gasteiger partial charge in [0, 0.05) is 29.9 Å². The van der Waals surface area contributed by atoms with E-state index in [1.165, 1.54) is 24.4 Å². The van der Waals surface area contributed by atoms with Gasteiger partial charge in [0.15, 0.2) is 10.9 Å². The number of nitro benzene ring substituents is 1. The Balaban J connectivity index is 1.80. The van der Waals surface area contributed by atoms with Crippen LogP contribution in [0.5, 0.6) is 0 Å². The van der Waals surface area contributed by atoms with E-state index in [4.69, 9.17) is 0 Å². The Labute approximate surface area is 190 Å². The molecular formula is C22H15N5O5S. The molecule has 164 valence electrons. The Morgan fingerprint density at radius 3 is 2.76 bits per heavy atom. The standard InChI is InChI=1S/C22H15N5O5S/c1-12-17(25-9-3-2-7-15(25)24-12)19(28)16-18(13-5-4-6-14(11-13)27(31)32)26(21(30)20(16)29)22-23-8-10-33-22/h2-11,18,28H,1H3/b19-16+. The van der Waals surface area contributed by atoms with Crippen LogP contribution in [0.2, 0.25) is 0 Å². The molecule has 1 aromatic carbocycles. The number of aromatic nitrogens is 3. The second-order valence-electron chi connectivity index (χ2n) is 7.31. The normalized spacial score (nSPS) is 17.7.